The van der Waals surface area contributed by atoms with Gasteiger partial charge in [-0.3, -0.25) is 9.59 Å². The van der Waals surface area contributed by atoms with Crippen LogP contribution in [0.2, 0.25) is 0 Å². The first-order valence-electron chi connectivity index (χ1n) is 24.2. The number of ether oxygens (including phenoxy) is 1. The molecule has 0 aliphatic rings. The van der Waals surface area contributed by atoms with Crippen molar-refractivity contribution in [2.24, 2.45) is 0 Å². The summed E-state index contributed by atoms with van der Waals surface area (Å²) in [6, 6.07) is -0.713. The highest BCUT2D eigenvalue weighted by molar-refractivity contribution is 5.77. The molecule has 0 spiro atoms. The molecule has 0 bridgehead atoms. The van der Waals surface area contributed by atoms with Crippen LogP contribution in [-0.4, -0.2) is 46.9 Å². The van der Waals surface area contributed by atoms with Crippen molar-refractivity contribution in [3.8, 4) is 0 Å². The van der Waals surface area contributed by atoms with Crippen LogP contribution in [0.5, 0.6) is 0 Å². The van der Waals surface area contributed by atoms with Gasteiger partial charge in [0, 0.05) is 6.42 Å². The van der Waals surface area contributed by atoms with E-state index in [9.17, 15) is 19.8 Å². The van der Waals surface area contributed by atoms with E-state index in [-0.39, 0.29) is 24.9 Å². The van der Waals surface area contributed by atoms with Gasteiger partial charge in [0.2, 0.25) is 5.91 Å². The molecule has 0 fully saturated rings. The van der Waals surface area contributed by atoms with Crippen LogP contribution < -0.4 is 5.32 Å². The molecule has 0 aromatic heterocycles. The molecular formula is C52H91NO5. The predicted octanol–water partition coefficient (Wildman–Crippen LogP) is 14.2. The SMILES string of the molecule is CC/C=C/C=C/C=C/CCCCCCCCCC(=O)OC(CCCCCC/C=C/C/C=C/C/C=C/CC)CC(=O)NC(CO)C(O)CCCCCCCCCCCC. The first-order chi connectivity index (χ1) is 28.5. The summed E-state index contributed by atoms with van der Waals surface area (Å²) in [5, 5.41) is 23.7. The molecule has 0 heterocycles. The number of amides is 1. The lowest BCUT2D eigenvalue weighted by Gasteiger charge is -2.24. The quantitative estimate of drug-likeness (QED) is 0.0247. The van der Waals surface area contributed by atoms with E-state index >= 15 is 0 Å². The molecular weight excluding hydrogens is 719 g/mol. The predicted molar refractivity (Wildman–Crippen MR) is 250 cm³/mol. The smallest absolute Gasteiger partial charge is 0.306 e. The third kappa shape index (κ3) is 40.1. The van der Waals surface area contributed by atoms with Gasteiger partial charge in [0.1, 0.15) is 6.10 Å². The Morgan fingerprint density at radius 2 is 1.02 bits per heavy atom. The summed E-state index contributed by atoms with van der Waals surface area (Å²) in [4.78, 5) is 26.1. The van der Waals surface area contributed by atoms with Gasteiger partial charge in [-0.05, 0) is 77.0 Å². The average Bonchev–Trinajstić information content (AvgIpc) is 3.22. The maximum Gasteiger partial charge on any atom is 0.306 e. The zero-order valence-corrected chi connectivity index (χ0v) is 37.9. The zero-order chi connectivity index (χ0) is 42.4. The Kier molecular flexibility index (Phi) is 43.3. The van der Waals surface area contributed by atoms with Crippen LogP contribution >= 0.6 is 0 Å². The lowest BCUT2D eigenvalue weighted by atomic mass is 10.0. The van der Waals surface area contributed by atoms with Crippen molar-refractivity contribution in [3.05, 3.63) is 72.9 Å². The third-order valence-electron chi connectivity index (χ3n) is 10.6. The molecule has 0 saturated heterocycles. The number of nitrogens with one attached hydrogen (secondary N) is 1. The van der Waals surface area contributed by atoms with Crippen LogP contribution in [0.15, 0.2) is 72.9 Å². The standard InChI is InChI=1S/C52H91NO5/c1-4-7-10-13-16-19-22-24-26-28-30-33-36-39-42-45-52(57)58-48(43-40-37-34-31-29-27-25-23-20-17-14-11-8-5-2)46-51(56)53-49(47-54)50(55)44-41-38-35-32-21-18-15-12-9-6-3/h7-8,10-11,13,16-17,19-20,22,25,27,48-50,54-55H,4-6,9,12,14-15,18,21,23-24,26,28-47H2,1-3H3,(H,53,56)/b10-7+,11-8+,16-13+,20-17+,22-19+,27-25+. The Morgan fingerprint density at radius 1 is 0.534 bits per heavy atom. The van der Waals surface area contributed by atoms with E-state index in [1.165, 1.54) is 70.6 Å². The molecule has 0 aromatic rings. The van der Waals surface area contributed by atoms with E-state index in [0.717, 1.165) is 103 Å². The number of esters is 1. The summed E-state index contributed by atoms with van der Waals surface area (Å²) in [5.74, 6) is -0.514. The van der Waals surface area contributed by atoms with Gasteiger partial charge in [-0.1, -0.05) is 203 Å². The average molecular weight is 810 g/mol. The van der Waals surface area contributed by atoms with Crippen molar-refractivity contribution in [1.29, 1.82) is 0 Å². The largest absolute Gasteiger partial charge is 0.462 e. The van der Waals surface area contributed by atoms with Gasteiger partial charge < -0.3 is 20.3 Å². The summed E-state index contributed by atoms with van der Waals surface area (Å²) < 4.78 is 5.91. The van der Waals surface area contributed by atoms with Gasteiger partial charge in [0.25, 0.3) is 0 Å². The fourth-order valence-electron chi connectivity index (χ4n) is 6.97. The summed E-state index contributed by atoms with van der Waals surface area (Å²) in [6.07, 6.45) is 56.7. The molecule has 6 heteroatoms. The van der Waals surface area contributed by atoms with Crippen molar-refractivity contribution in [2.45, 2.75) is 238 Å². The van der Waals surface area contributed by atoms with Crippen molar-refractivity contribution in [3.63, 3.8) is 0 Å². The number of aliphatic hydroxyl groups is 2. The van der Waals surface area contributed by atoms with Crippen LogP contribution in [0.1, 0.15) is 220 Å². The van der Waals surface area contributed by atoms with E-state index in [1.54, 1.807) is 0 Å². The minimum Gasteiger partial charge on any atom is -0.462 e. The van der Waals surface area contributed by atoms with E-state index < -0.39 is 18.2 Å². The summed E-state index contributed by atoms with van der Waals surface area (Å²) in [6.45, 7) is 6.21. The van der Waals surface area contributed by atoms with E-state index in [0.29, 0.717) is 19.3 Å². The molecule has 0 aliphatic carbocycles. The van der Waals surface area contributed by atoms with Crippen LogP contribution in [0, 0.1) is 0 Å². The van der Waals surface area contributed by atoms with Crippen LogP contribution in [0.4, 0.5) is 0 Å². The van der Waals surface area contributed by atoms with E-state index in [4.69, 9.17) is 4.74 Å². The second-order valence-electron chi connectivity index (χ2n) is 16.2. The molecule has 0 rings (SSSR count). The molecule has 3 atom stereocenters. The van der Waals surface area contributed by atoms with Crippen molar-refractivity contribution in [1.82, 2.24) is 5.32 Å². The van der Waals surface area contributed by atoms with E-state index in [1.807, 2.05) is 0 Å². The molecule has 3 N–H and O–H groups in total. The van der Waals surface area contributed by atoms with Gasteiger partial charge in [-0.15, -0.1) is 0 Å². The van der Waals surface area contributed by atoms with Crippen LogP contribution in [0.25, 0.3) is 0 Å². The fourth-order valence-corrected chi connectivity index (χ4v) is 6.97. The van der Waals surface area contributed by atoms with Gasteiger partial charge in [-0.2, -0.15) is 0 Å². The minimum absolute atomic E-state index is 0.0547. The molecule has 3 unspecified atom stereocenters. The summed E-state index contributed by atoms with van der Waals surface area (Å²) >= 11 is 0. The Bertz CT molecular complexity index is 1090. The highest BCUT2D eigenvalue weighted by atomic mass is 16.5. The molecule has 1 amide bonds. The first kappa shape index (κ1) is 55.3. The molecule has 6 nitrogen and oxygen atoms in total. The van der Waals surface area contributed by atoms with Crippen molar-refractivity contribution >= 4 is 11.9 Å². The number of aliphatic hydroxyl groups excluding tert-OH is 2. The Balaban J connectivity index is 4.66. The van der Waals surface area contributed by atoms with Crippen molar-refractivity contribution < 1.29 is 24.5 Å². The van der Waals surface area contributed by atoms with E-state index in [2.05, 4.69) is 99.0 Å². The lowest BCUT2D eigenvalue weighted by Crippen LogP contribution is -2.46. The normalized spacial score (nSPS) is 13.9. The van der Waals surface area contributed by atoms with Gasteiger partial charge in [-0.25, -0.2) is 0 Å². The number of hydrogen-bond donors (Lipinski definition) is 3. The first-order valence-corrected chi connectivity index (χ1v) is 24.2. The topological polar surface area (TPSA) is 95.9 Å². The van der Waals surface area contributed by atoms with Crippen LogP contribution in [0.3, 0.4) is 0 Å². The Morgan fingerprint density at radius 3 is 1.60 bits per heavy atom. The molecule has 0 radical (unpaired) electrons. The summed E-state index contributed by atoms with van der Waals surface area (Å²) in [7, 11) is 0. The second-order valence-corrected chi connectivity index (χ2v) is 16.2. The maximum atomic E-state index is 13.2. The van der Waals surface area contributed by atoms with Gasteiger partial charge in [0.05, 0.1) is 25.2 Å². The third-order valence-corrected chi connectivity index (χ3v) is 10.6. The molecule has 334 valence electrons. The second kappa shape index (κ2) is 45.4. The zero-order valence-electron chi connectivity index (χ0n) is 37.9. The molecule has 0 aliphatic heterocycles. The molecule has 0 saturated carbocycles. The number of unbranched alkanes of at least 4 members (excludes halogenated alkanes) is 20. The highest BCUT2D eigenvalue weighted by Crippen LogP contribution is 2.17. The van der Waals surface area contributed by atoms with Crippen LogP contribution in [-0.2, 0) is 14.3 Å². The number of carbonyl (C=O) groups is 2. The van der Waals surface area contributed by atoms with Crippen molar-refractivity contribution in [2.75, 3.05) is 6.61 Å². The van der Waals surface area contributed by atoms with Gasteiger partial charge >= 0.3 is 5.97 Å². The highest BCUT2D eigenvalue weighted by Gasteiger charge is 2.24. The molecule has 58 heavy (non-hydrogen) atoms. The monoisotopic (exact) mass is 810 g/mol. The Hall–Kier alpha value is -2.70. The fraction of sp³-hybridized carbons (Fsp3) is 0.731. The number of allylic oxidation sites excluding steroid dienone is 12. The maximum absolute atomic E-state index is 13.2. The number of carbonyl (C=O) groups excluding carboxylic acids is 2. The number of rotatable bonds is 42. The summed E-state index contributed by atoms with van der Waals surface area (Å²) in [5.41, 5.74) is 0. The molecule has 0 aromatic carbocycles. The number of hydrogen-bond acceptors (Lipinski definition) is 5. The minimum atomic E-state index is -0.797. The Labute approximate surface area is 358 Å². The van der Waals surface area contributed by atoms with Gasteiger partial charge in [0.15, 0.2) is 0 Å². The lowest BCUT2D eigenvalue weighted by molar-refractivity contribution is -0.151.